The number of para-hydroxylation sites is 1. The number of carbonyl (C=O) groups excluding carboxylic acids is 2. The van der Waals surface area contributed by atoms with E-state index in [1.54, 1.807) is 23.4 Å². The van der Waals surface area contributed by atoms with Crippen LogP contribution in [0.1, 0.15) is 36.2 Å². The van der Waals surface area contributed by atoms with Crippen molar-refractivity contribution in [2.24, 2.45) is 5.92 Å². The number of amides is 2. The van der Waals surface area contributed by atoms with Crippen molar-refractivity contribution in [1.29, 1.82) is 0 Å². The molecule has 0 saturated heterocycles. The van der Waals surface area contributed by atoms with E-state index in [2.05, 4.69) is 29.5 Å². The van der Waals surface area contributed by atoms with E-state index in [0.29, 0.717) is 18.0 Å². The number of fused-ring (bicyclic) bond motifs is 1. The van der Waals surface area contributed by atoms with Crippen LogP contribution in [0.25, 0.3) is 0 Å². The lowest BCUT2D eigenvalue weighted by Gasteiger charge is -2.38. The molecule has 0 spiro atoms. The molecule has 1 aromatic heterocycles. The van der Waals surface area contributed by atoms with Crippen molar-refractivity contribution in [3.8, 4) is 0 Å². The van der Waals surface area contributed by atoms with Crippen LogP contribution in [0.15, 0.2) is 48.8 Å². The van der Waals surface area contributed by atoms with Crippen LogP contribution in [0.4, 0.5) is 5.69 Å². The molecule has 136 valence electrons. The maximum atomic E-state index is 12.9. The van der Waals surface area contributed by atoms with Crippen LogP contribution in [0.2, 0.25) is 0 Å². The lowest BCUT2D eigenvalue weighted by atomic mass is 10.0. The third-order valence-corrected chi connectivity index (χ3v) is 4.34. The summed E-state index contributed by atoms with van der Waals surface area (Å²) in [5.41, 5.74) is 2.36. The van der Waals surface area contributed by atoms with Gasteiger partial charge in [-0.05, 0) is 36.1 Å². The number of pyridine rings is 1. The topological polar surface area (TPSA) is 74.3 Å². The zero-order valence-electron chi connectivity index (χ0n) is 15.1. The van der Waals surface area contributed by atoms with Gasteiger partial charge in [0.15, 0.2) is 0 Å². The molecule has 26 heavy (non-hydrogen) atoms. The molecule has 2 N–H and O–H groups in total. The van der Waals surface area contributed by atoms with Crippen molar-refractivity contribution in [3.63, 3.8) is 0 Å². The predicted molar refractivity (Wildman–Crippen MR) is 100 cm³/mol. The Hall–Kier alpha value is -2.89. The van der Waals surface area contributed by atoms with E-state index >= 15 is 0 Å². The molecule has 1 aliphatic rings. The van der Waals surface area contributed by atoms with Gasteiger partial charge in [-0.1, -0.05) is 32.0 Å². The summed E-state index contributed by atoms with van der Waals surface area (Å²) in [5, 5.41) is 6.27. The Kier molecular flexibility index (Phi) is 5.51. The number of carbonyl (C=O) groups is 2. The van der Waals surface area contributed by atoms with Gasteiger partial charge in [0, 0.05) is 24.6 Å². The van der Waals surface area contributed by atoms with Gasteiger partial charge in [0.25, 0.3) is 5.91 Å². The highest BCUT2D eigenvalue weighted by molar-refractivity contribution is 6.03. The first-order chi connectivity index (χ1) is 12.5. The number of rotatable bonds is 6. The molecule has 1 aromatic carbocycles. The van der Waals surface area contributed by atoms with Crippen LogP contribution in [-0.4, -0.2) is 34.4 Å². The summed E-state index contributed by atoms with van der Waals surface area (Å²) < 4.78 is 0. The van der Waals surface area contributed by atoms with Gasteiger partial charge in [-0.15, -0.1) is 0 Å². The molecule has 0 fully saturated rings. The lowest BCUT2D eigenvalue weighted by Crippen LogP contribution is -2.52. The SMILES string of the molecule is CC(C)CC1Nc2ccccc2C(=O)N1CC(=O)NCc1cccnc1. The van der Waals surface area contributed by atoms with Gasteiger partial charge in [0.05, 0.1) is 5.56 Å². The molecule has 6 heteroatoms. The fourth-order valence-electron chi connectivity index (χ4n) is 3.08. The molecule has 2 heterocycles. The first kappa shape index (κ1) is 17.9. The van der Waals surface area contributed by atoms with Crippen LogP contribution in [0.3, 0.4) is 0 Å². The Balaban J connectivity index is 1.70. The van der Waals surface area contributed by atoms with Gasteiger partial charge in [-0.3, -0.25) is 14.6 Å². The first-order valence-electron chi connectivity index (χ1n) is 8.86. The van der Waals surface area contributed by atoms with E-state index in [0.717, 1.165) is 17.7 Å². The third kappa shape index (κ3) is 4.20. The molecule has 1 atom stereocenters. The van der Waals surface area contributed by atoms with Crippen molar-refractivity contribution in [3.05, 3.63) is 59.9 Å². The number of nitrogens with zero attached hydrogens (tertiary/aromatic N) is 2. The fraction of sp³-hybridized carbons (Fsp3) is 0.350. The van der Waals surface area contributed by atoms with Crippen LogP contribution in [0.5, 0.6) is 0 Å². The minimum atomic E-state index is -0.193. The molecular formula is C20H24N4O2. The van der Waals surface area contributed by atoms with Crippen molar-refractivity contribution < 1.29 is 9.59 Å². The average molecular weight is 352 g/mol. The molecule has 2 amide bonds. The summed E-state index contributed by atoms with van der Waals surface area (Å²) in [4.78, 5) is 31.0. The second kappa shape index (κ2) is 7.99. The number of benzene rings is 1. The normalized spacial score (nSPS) is 16.2. The Morgan fingerprint density at radius 2 is 2.08 bits per heavy atom. The smallest absolute Gasteiger partial charge is 0.258 e. The standard InChI is InChI=1S/C20H24N4O2/c1-14(2)10-18-23-17-8-4-3-7-16(17)20(26)24(18)13-19(25)22-12-15-6-5-9-21-11-15/h3-9,11,14,18,23H,10,12-13H2,1-2H3,(H,22,25). The van der Waals surface area contributed by atoms with Gasteiger partial charge in [0.2, 0.25) is 5.91 Å². The van der Waals surface area contributed by atoms with Crippen molar-refractivity contribution in [1.82, 2.24) is 15.2 Å². The third-order valence-electron chi connectivity index (χ3n) is 4.34. The van der Waals surface area contributed by atoms with Crippen LogP contribution < -0.4 is 10.6 Å². The Bertz CT molecular complexity index is 776. The van der Waals surface area contributed by atoms with E-state index in [9.17, 15) is 9.59 Å². The molecule has 6 nitrogen and oxygen atoms in total. The summed E-state index contributed by atoms with van der Waals surface area (Å²) in [6, 6.07) is 11.2. The molecule has 0 aliphatic carbocycles. The van der Waals surface area contributed by atoms with Gasteiger partial charge in [0.1, 0.15) is 12.7 Å². The minimum Gasteiger partial charge on any atom is -0.364 e. The maximum Gasteiger partial charge on any atom is 0.258 e. The number of hydrogen-bond acceptors (Lipinski definition) is 4. The van der Waals surface area contributed by atoms with Crippen molar-refractivity contribution >= 4 is 17.5 Å². The van der Waals surface area contributed by atoms with E-state index < -0.39 is 0 Å². The zero-order valence-corrected chi connectivity index (χ0v) is 15.1. The molecule has 1 unspecified atom stereocenters. The summed E-state index contributed by atoms with van der Waals surface area (Å²) in [6.45, 7) is 4.63. The highest BCUT2D eigenvalue weighted by Crippen LogP contribution is 2.27. The summed E-state index contributed by atoms with van der Waals surface area (Å²) >= 11 is 0. The van der Waals surface area contributed by atoms with Gasteiger partial charge in [-0.25, -0.2) is 0 Å². The van der Waals surface area contributed by atoms with Crippen LogP contribution >= 0.6 is 0 Å². The molecule has 1 aliphatic heterocycles. The Morgan fingerprint density at radius 3 is 2.81 bits per heavy atom. The largest absolute Gasteiger partial charge is 0.364 e. The molecule has 3 rings (SSSR count). The Labute approximate surface area is 153 Å². The summed E-state index contributed by atoms with van der Waals surface area (Å²) in [5.74, 6) is 0.102. The second-order valence-corrected chi connectivity index (χ2v) is 6.91. The monoisotopic (exact) mass is 352 g/mol. The molecule has 0 bridgehead atoms. The summed E-state index contributed by atoms with van der Waals surface area (Å²) in [6.07, 6.45) is 3.99. The van der Waals surface area contributed by atoms with Crippen LogP contribution in [-0.2, 0) is 11.3 Å². The number of hydrogen-bond donors (Lipinski definition) is 2. The quantitative estimate of drug-likeness (QED) is 0.838. The van der Waals surface area contributed by atoms with Crippen molar-refractivity contribution in [2.75, 3.05) is 11.9 Å². The van der Waals surface area contributed by atoms with E-state index in [1.807, 2.05) is 30.3 Å². The maximum absolute atomic E-state index is 12.9. The zero-order chi connectivity index (χ0) is 18.5. The van der Waals surface area contributed by atoms with Gasteiger partial charge < -0.3 is 15.5 Å². The van der Waals surface area contributed by atoms with E-state index in [1.165, 1.54) is 0 Å². The lowest BCUT2D eigenvalue weighted by molar-refractivity contribution is -0.122. The number of anilines is 1. The highest BCUT2D eigenvalue weighted by atomic mass is 16.2. The average Bonchev–Trinajstić information content (AvgIpc) is 2.64. The van der Waals surface area contributed by atoms with Gasteiger partial charge in [-0.2, -0.15) is 0 Å². The second-order valence-electron chi connectivity index (χ2n) is 6.91. The van der Waals surface area contributed by atoms with Gasteiger partial charge >= 0.3 is 0 Å². The molecule has 2 aromatic rings. The highest BCUT2D eigenvalue weighted by Gasteiger charge is 2.33. The number of nitrogens with one attached hydrogen (secondary N) is 2. The molecular weight excluding hydrogens is 328 g/mol. The molecule has 0 saturated carbocycles. The van der Waals surface area contributed by atoms with E-state index in [-0.39, 0.29) is 24.5 Å². The first-order valence-corrected chi connectivity index (χ1v) is 8.86. The van der Waals surface area contributed by atoms with Crippen LogP contribution in [0, 0.1) is 5.92 Å². The summed E-state index contributed by atoms with van der Waals surface area (Å²) in [7, 11) is 0. The van der Waals surface area contributed by atoms with E-state index in [4.69, 9.17) is 0 Å². The predicted octanol–water partition coefficient (Wildman–Crippen LogP) is 2.64. The Morgan fingerprint density at radius 1 is 1.27 bits per heavy atom. The van der Waals surface area contributed by atoms with Crippen molar-refractivity contribution in [2.45, 2.75) is 33.0 Å². The minimum absolute atomic E-state index is 0.0256. The number of aromatic nitrogens is 1. The molecule has 0 radical (unpaired) electrons. The fourth-order valence-corrected chi connectivity index (χ4v) is 3.08.